The second-order valence-corrected chi connectivity index (χ2v) is 6.28. The fourth-order valence-electron chi connectivity index (χ4n) is 2.10. The average Bonchev–Trinajstić information content (AvgIpc) is 3.18. The number of aromatic nitrogens is 2. The van der Waals surface area contributed by atoms with Gasteiger partial charge in [0.1, 0.15) is 16.8 Å². The summed E-state index contributed by atoms with van der Waals surface area (Å²) in [5.41, 5.74) is 1.03. The van der Waals surface area contributed by atoms with Gasteiger partial charge in [-0.15, -0.1) is 0 Å². The Kier molecular flexibility index (Phi) is 3.17. The van der Waals surface area contributed by atoms with Crippen LogP contribution in [0.4, 0.5) is 5.82 Å². The van der Waals surface area contributed by atoms with E-state index >= 15 is 0 Å². The molecule has 0 aromatic carbocycles. The summed E-state index contributed by atoms with van der Waals surface area (Å²) in [5.74, 6) is 4.94. The summed E-state index contributed by atoms with van der Waals surface area (Å²) < 4.78 is 0. The fraction of sp³-hybridized carbons (Fsp3) is 0.667. The second kappa shape index (κ2) is 4.65. The van der Waals surface area contributed by atoms with E-state index in [0.717, 1.165) is 30.3 Å². The molecule has 0 radical (unpaired) electrons. The van der Waals surface area contributed by atoms with E-state index in [1.807, 2.05) is 18.7 Å². The molecule has 3 rings (SSSR count). The Morgan fingerprint density at radius 3 is 2.59 bits per heavy atom. The number of thioether (sulfide) groups is 1. The van der Waals surface area contributed by atoms with Crippen molar-refractivity contribution in [2.45, 2.75) is 25.7 Å². The highest BCUT2D eigenvalue weighted by atomic mass is 35.5. The van der Waals surface area contributed by atoms with Crippen LogP contribution in [0.5, 0.6) is 0 Å². The van der Waals surface area contributed by atoms with Crippen LogP contribution in [0.3, 0.4) is 0 Å². The molecule has 92 valence electrons. The van der Waals surface area contributed by atoms with Crippen LogP contribution in [-0.4, -0.2) is 34.6 Å². The van der Waals surface area contributed by atoms with Gasteiger partial charge in [-0.1, -0.05) is 11.6 Å². The smallest absolute Gasteiger partial charge is 0.137 e. The number of hydrogen-bond donors (Lipinski definition) is 0. The van der Waals surface area contributed by atoms with Gasteiger partial charge < -0.3 is 4.90 Å². The minimum absolute atomic E-state index is 0.561. The zero-order chi connectivity index (χ0) is 11.8. The van der Waals surface area contributed by atoms with Crippen LogP contribution in [0, 0.1) is 6.92 Å². The topological polar surface area (TPSA) is 29.0 Å². The van der Waals surface area contributed by atoms with Gasteiger partial charge in [-0.25, -0.2) is 9.97 Å². The molecule has 1 aliphatic carbocycles. The minimum Gasteiger partial charge on any atom is -0.355 e. The molecule has 17 heavy (non-hydrogen) atoms. The first kappa shape index (κ1) is 11.6. The largest absolute Gasteiger partial charge is 0.355 e. The van der Waals surface area contributed by atoms with Crippen molar-refractivity contribution in [1.29, 1.82) is 0 Å². The van der Waals surface area contributed by atoms with Crippen molar-refractivity contribution in [3.8, 4) is 0 Å². The van der Waals surface area contributed by atoms with Gasteiger partial charge in [0.15, 0.2) is 0 Å². The Bertz CT molecular complexity index is 428. The molecule has 0 bridgehead atoms. The lowest BCUT2D eigenvalue weighted by Gasteiger charge is -2.29. The molecule has 1 aliphatic heterocycles. The summed E-state index contributed by atoms with van der Waals surface area (Å²) in [5, 5.41) is 0.634. The molecule has 0 atom stereocenters. The summed E-state index contributed by atoms with van der Waals surface area (Å²) in [6.45, 7) is 4.17. The van der Waals surface area contributed by atoms with E-state index in [2.05, 4.69) is 9.88 Å². The molecule has 2 aliphatic rings. The fourth-order valence-corrected chi connectivity index (χ4v) is 3.18. The maximum Gasteiger partial charge on any atom is 0.137 e. The van der Waals surface area contributed by atoms with E-state index in [1.54, 1.807) is 0 Å². The summed E-state index contributed by atoms with van der Waals surface area (Å²) in [6, 6.07) is 0. The minimum atomic E-state index is 0.561. The number of anilines is 1. The summed E-state index contributed by atoms with van der Waals surface area (Å²) >= 11 is 8.24. The van der Waals surface area contributed by atoms with Crippen molar-refractivity contribution in [2.75, 3.05) is 29.5 Å². The number of halogens is 1. The first-order valence-electron chi connectivity index (χ1n) is 6.12. The first-order valence-corrected chi connectivity index (χ1v) is 7.65. The summed E-state index contributed by atoms with van der Waals surface area (Å²) in [7, 11) is 0. The van der Waals surface area contributed by atoms with Gasteiger partial charge in [-0.2, -0.15) is 11.8 Å². The lowest BCUT2D eigenvalue weighted by Crippen LogP contribution is -2.34. The van der Waals surface area contributed by atoms with Crippen molar-refractivity contribution >= 4 is 29.2 Å². The van der Waals surface area contributed by atoms with Crippen LogP contribution in [0.15, 0.2) is 0 Å². The van der Waals surface area contributed by atoms with E-state index in [4.69, 9.17) is 16.6 Å². The molecule has 1 saturated heterocycles. The van der Waals surface area contributed by atoms with Gasteiger partial charge in [-0.3, -0.25) is 0 Å². The molecule has 0 spiro atoms. The van der Waals surface area contributed by atoms with Crippen molar-refractivity contribution in [1.82, 2.24) is 9.97 Å². The van der Waals surface area contributed by atoms with Gasteiger partial charge in [0.05, 0.1) is 0 Å². The summed E-state index contributed by atoms with van der Waals surface area (Å²) in [6.07, 6.45) is 2.43. The molecule has 1 aromatic rings. The Morgan fingerprint density at radius 2 is 1.94 bits per heavy atom. The van der Waals surface area contributed by atoms with Crippen LogP contribution >= 0.6 is 23.4 Å². The Morgan fingerprint density at radius 1 is 1.24 bits per heavy atom. The van der Waals surface area contributed by atoms with E-state index in [1.165, 1.54) is 24.3 Å². The third-order valence-corrected chi connectivity index (χ3v) is 4.64. The number of nitrogens with zero attached hydrogens (tertiary/aromatic N) is 3. The van der Waals surface area contributed by atoms with Gasteiger partial charge in [-0.05, 0) is 19.8 Å². The predicted molar refractivity (Wildman–Crippen MR) is 73.3 cm³/mol. The van der Waals surface area contributed by atoms with Crippen molar-refractivity contribution in [2.24, 2.45) is 0 Å². The second-order valence-electron chi connectivity index (χ2n) is 4.69. The van der Waals surface area contributed by atoms with Crippen LogP contribution < -0.4 is 4.90 Å². The molecule has 0 unspecified atom stereocenters. The average molecular weight is 270 g/mol. The maximum absolute atomic E-state index is 6.23. The molecular formula is C12H16ClN3S. The molecule has 1 saturated carbocycles. The third-order valence-electron chi connectivity index (χ3n) is 3.33. The van der Waals surface area contributed by atoms with E-state index in [0.29, 0.717) is 11.1 Å². The van der Waals surface area contributed by atoms with Crippen molar-refractivity contribution in [3.05, 3.63) is 16.5 Å². The molecule has 0 N–H and O–H groups in total. The molecule has 3 nitrogen and oxygen atoms in total. The molecule has 0 amide bonds. The third kappa shape index (κ3) is 2.38. The Hall–Kier alpha value is -0.480. The monoisotopic (exact) mass is 269 g/mol. The maximum atomic E-state index is 6.23. The van der Waals surface area contributed by atoms with Crippen molar-refractivity contribution < 1.29 is 0 Å². The number of rotatable bonds is 2. The summed E-state index contributed by atoms with van der Waals surface area (Å²) in [4.78, 5) is 11.5. The van der Waals surface area contributed by atoms with Crippen LogP contribution in [-0.2, 0) is 0 Å². The standard InChI is InChI=1S/C12H16ClN3S/c1-8-10(13)14-11(9-2-3-9)15-12(8)16-4-6-17-7-5-16/h9H,2-7H2,1H3. The van der Waals surface area contributed by atoms with Gasteiger partial charge in [0.25, 0.3) is 0 Å². The lowest BCUT2D eigenvalue weighted by atomic mass is 10.3. The van der Waals surface area contributed by atoms with E-state index in [-0.39, 0.29) is 0 Å². The molecular weight excluding hydrogens is 254 g/mol. The molecule has 1 aromatic heterocycles. The van der Waals surface area contributed by atoms with E-state index < -0.39 is 0 Å². The molecule has 2 heterocycles. The molecule has 2 fully saturated rings. The Balaban J connectivity index is 1.95. The highest BCUT2D eigenvalue weighted by Crippen LogP contribution is 2.40. The van der Waals surface area contributed by atoms with Crippen LogP contribution in [0.2, 0.25) is 5.15 Å². The first-order chi connectivity index (χ1) is 8.25. The number of hydrogen-bond acceptors (Lipinski definition) is 4. The molecule has 5 heteroatoms. The zero-order valence-electron chi connectivity index (χ0n) is 9.95. The predicted octanol–water partition coefficient (Wildman–Crippen LogP) is 2.87. The SMILES string of the molecule is Cc1c(Cl)nc(C2CC2)nc1N1CCSCC1. The highest BCUT2D eigenvalue weighted by Gasteiger charge is 2.29. The zero-order valence-corrected chi connectivity index (χ0v) is 11.5. The quantitative estimate of drug-likeness (QED) is 0.772. The van der Waals surface area contributed by atoms with E-state index in [9.17, 15) is 0 Å². The normalized spacial score (nSPS) is 20.7. The van der Waals surface area contributed by atoms with Crippen LogP contribution in [0.1, 0.15) is 30.1 Å². The lowest BCUT2D eigenvalue weighted by molar-refractivity contribution is 0.808. The van der Waals surface area contributed by atoms with Gasteiger partial charge in [0, 0.05) is 36.1 Å². The van der Waals surface area contributed by atoms with Gasteiger partial charge in [0.2, 0.25) is 0 Å². The Labute approximate surface area is 111 Å². The van der Waals surface area contributed by atoms with Crippen LogP contribution in [0.25, 0.3) is 0 Å². The highest BCUT2D eigenvalue weighted by molar-refractivity contribution is 7.99. The van der Waals surface area contributed by atoms with Gasteiger partial charge >= 0.3 is 0 Å². The van der Waals surface area contributed by atoms with Crippen molar-refractivity contribution in [3.63, 3.8) is 0 Å².